The molecule has 0 aromatic heterocycles. The molecule has 1 rings (SSSR count). The summed E-state index contributed by atoms with van der Waals surface area (Å²) in [6.45, 7) is -2.99. The Labute approximate surface area is 94.7 Å². The van der Waals surface area contributed by atoms with Gasteiger partial charge in [0.05, 0.1) is 12.8 Å². The minimum atomic E-state index is -2.99. The van der Waals surface area contributed by atoms with Crippen LogP contribution in [0.3, 0.4) is 0 Å². The fourth-order valence-corrected chi connectivity index (χ4v) is 1.41. The van der Waals surface area contributed by atoms with Gasteiger partial charge in [-0.05, 0) is 0 Å². The molecule has 1 aromatic carbocycles. The van der Waals surface area contributed by atoms with Crippen LogP contribution < -0.4 is 15.2 Å². The smallest absolute Gasteiger partial charge is 0.387 e. The van der Waals surface area contributed by atoms with Gasteiger partial charge in [0.15, 0.2) is 5.75 Å². The zero-order valence-corrected chi connectivity index (χ0v) is 9.07. The van der Waals surface area contributed by atoms with Crippen molar-refractivity contribution < 1.29 is 18.3 Å². The molecule has 0 spiro atoms. The number of hydrogen-bond donors (Lipinski definition) is 1. The highest BCUT2D eigenvalue weighted by atomic mass is 35.5. The van der Waals surface area contributed by atoms with E-state index in [1.54, 1.807) is 0 Å². The van der Waals surface area contributed by atoms with Gasteiger partial charge in [0.25, 0.3) is 0 Å². The van der Waals surface area contributed by atoms with E-state index in [0.29, 0.717) is 0 Å². The van der Waals surface area contributed by atoms with Crippen LogP contribution in [-0.4, -0.2) is 13.7 Å². The molecule has 2 N–H and O–H groups in total. The maximum atomic E-state index is 12.0. The number of methoxy groups -OCH3 is 1. The third-order valence-electron chi connectivity index (χ3n) is 1.60. The van der Waals surface area contributed by atoms with Crippen LogP contribution in [0.25, 0.3) is 0 Å². The molecule has 0 unspecified atom stereocenters. The van der Waals surface area contributed by atoms with Gasteiger partial charge < -0.3 is 15.2 Å². The number of hydrogen-bond acceptors (Lipinski definition) is 3. The summed E-state index contributed by atoms with van der Waals surface area (Å²) in [4.78, 5) is 0. The molecule has 0 aliphatic carbocycles. The number of ether oxygens (including phenoxy) is 2. The predicted octanol–water partition coefficient (Wildman–Crippen LogP) is 3.19. The summed E-state index contributed by atoms with van der Waals surface area (Å²) in [6.07, 6.45) is 0. The van der Waals surface area contributed by atoms with Gasteiger partial charge in [0.1, 0.15) is 15.8 Å². The van der Waals surface area contributed by atoms with E-state index in [-0.39, 0.29) is 27.2 Å². The van der Waals surface area contributed by atoms with Crippen LogP contribution in [-0.2, 0) is 0 Å². The summed E-state index contributed by atoms with van der Waals surface area (Å²) >= 11 is 11.4. The van der Waals surface area contributed by atoms with E-state index in [2.05, 4.69) is 4.74 Å². The van der Waals surface area contributed by atoms with E-state index in [9.17, 15) is 8.78 Å². The lowest BCUT2D eigenvalue weighted by molar-refractivity contribution is -0.0498. The second-order valence-electron chi connectivity index (χ2n) is 2.50. The topological polar surface area (TPSA) is 44.5 Å². The van der Waals surface area contributed by atoms with Crippen LogP contribution in [0.2, 0.25) is 10.0 Å². The van der Waals surface area contributed by atoms with Crippen molar-refractivity contribution in [2.45, 2.75) is 6.61 Å². The molecule has 0 bridgehead atoms. The Kier molecular flexibility index (Phi) is 3.82. The molecule has 0 fully saturated rings. The standard InChI is InChI=1S/C8H7Cl2F2NO2/c1-14-3-2-4(15-8(11)12)6(10)7(13)5(3)9/h2,8H,13H2,1H3. The highest BCUT2D eigenvalue weighted by Crippen LogP contribution is 2.42. The summed E-state index contributed by atoms with van der Waals surface area (Å²) in [5.74, 6) is -0.153. The molecule has 0 aliphatic heterocycles. The summed E-state index contributed by atoms with van der Waals surface area (Å²) in [6, 6.07) is 1.15. The zero-order chi connectivity index (χ0) is 11.6. The third-order valence-corrected chi connectivity index (χ3v) is 2.38. The van der Waals surface area contributed by atoms with Crippen LogP contribution in [0.1, 0.15) is 0 Å². The first-order valence-electron chi connectivity index (χ1n) is 3.73. The van der Waals surface area contributed by atoms with Crippen LogP contribution in [0.4, 0.5) is 14.5 Å². The van der Waals surface area contributed by atoms with Gasteiger partial charge >= 0.3 is 6.61 Å². The predicted molar refractivity (Wildman–Crippen MR) is 54.1 cm³/mol. The summed E-state index contributed by atoms with van der Waals surface area (Å²) in [5, 5.41) is -0.106. The number of anilines is 1. The average molecular weight is 258 g/mol. The van der Waals surface area contributed by atoms with Gasteiger partial charge in [-0.15, -0.1) is 0 Å². The quantitative estimate of drug-likeness (QED) is 0.846. The van der Waals surface area contributed by atoms with Gasteiger partial charge in [-0.1, -0.05) is 23.2 Å². The molecule has 84 valence electrons. The molecule has 1 aromatic rings. The Morgan fingerprint density at radius 3 is 2.27 bits per heavy atom. The molecule has 0 amide bonds. The minimum Gasteiger partial charge on any atom is -0.495 e. The molecule has 0 aliphatic rings. The number of benzene rings is 1. The Balaban J connectivity index is 3.22. The van der Waals surface area contributed by atoms with Crippen molar-refractivity contribution in [2.24, 2.45) is 0 Å². The Morgan fingerprint density at radius 1 is 1.27 bits per heavy atom. The monoisotopic (exact) mass is 257 g/mol. The Hall–Kier alpha value is -0.940. The SMILES string of the molecule is COc1cc(OC(F)F)c(Cl)c(N)c1Cl. The first-order valence-corrected chi connectivity index (χ1v) is 4.49. The van der Waals surface area contributed by atoms with Crippen molar-refractivity contribution in [3.8, 4) is 11.5 Å². The second-order valence-corrected chi connectivity index (χ2v) is 3.25. The summed E-state index contributed by atoms with van der Waals surface area (Å²) in [7, 11) is 1.32. The van der Waals surface area contributed by atoms with Gasteiger partial charge in [0.2, 0.25) is 0 Å². The molecule has 0 atom stereocenters. The maximum Gasteiger partial charge on any atom is 0.387 e. The lowest BCUT2D eigenvalue weighted by atomic mass is 10.3. The van der Waals surface area contributed by atoms with Gasteiger partial charge in [0, 0.05) is 6.07 Å². The van der Waals surface area contributed by atoms with Gasteiger partial charge in [-0.3, -0.25) is 0 Å². The Morgan fingerprint density at radius 2 is 1.80 bits per heavy atom. The Bertz CT molecular complexity index is 374. The van der Waals surface area contributed by atoms with E-state index in [4.69, 9.17) is 33.7 Å². The van der Waals surface area contributed by atoms with Crippen molar-refractivity contribution in [3.63, 3.8) is 0 Å². The lowest BCUT2D eigenvalue weighted by Crippen LogP contribution is -2.04. The van der Waals surface area contributed by atoms with Crippen molar-refractivity contribution in [2.75, 3.05) is 12.8 Å². The van der Waals surface area contributed by atoms with E-state index in [0.717, 1.165) is 6.07 Å². The van der Waals surface area contributed by atoms with E-state index < -0.39 is 6.61 Å². The molecular weight excluding hydrogens is 251 g/mol. The lowest BCUT2D eigenvalue weighted by Gasteiger charge is -2.12. The minimum absolute atomic E-state index is 0.0594. The van der Waals surface area contributed by atoms with Crippen molar-refractivity contribution >= 4 is 28.9 Å². The number of alkyl halides is 2. The molecular formula is C8H7Cl2F2NO2. The molecule has 3 nitrogen and oxygen atoms in total. The fraction of sp³-hybridized carbons (Fsp3) is 0.250. The van der Waals surface area contributed by atoms with Gasteiger partial charge in [-0.2, -0.15) is 8.78 Å². The molecule has 0 heterocycles. The first-order chi connectivity index (χ1) is 6.97. The van der Waals surface area contributed by atoms with Gasteiger partial charge in [-0.25, -0.2) is 0 Å². The van der Waals surface area contributed by atoms with Crippen LogP contribution in [0.15, 0.2) is 6.07 Å². The van der Waals surface area contributed by atoms with Crippen molar-refractivity contribution in [1.29, 1.82) is 0 Å². The van der Waals surface area contributed by atoms with Crippen LogP contribution >= 0.6 is 23.2 Å². The van der Waals surface area contributed by atoms with E-state index >= 15 is 0 Å². The first kappa shape index (κ1) is 12.1. The van der Waals surface area contributed by atoms with Crippen LogP contribution in [0.5, 0.6) is 11.5 Å². The molecule has 0 saturated heterocycles. The van der Waals surface area contributed by atoms with E-state index in [1.807, 2.05) is 0 Å². The maximum absolute atomic E-state index is 12.0. The molecule has 0 saturated carbocycles. The number of rotatable bonds is 3. The molecule has 0 radical (unpaired) electrons. The van der Waals surface area contributed by atoms with Crippen LogP contribution in [0, 0.1) is 0 Å². The number of nitrogens with two attached hydrogens (primary N) is 1. The average Bonchev–Trinajstić information content (AvgIpc) is 2.18. The normalized spacial score (nSPS) is 10.5. The zero-order valence-electron chi connectivity index (χ0n) is 7.56. The molecule has 15 heavy (non-hydrogen) atoms. The van der Waals surface area contributed by atoms with Crippen molar-refractivity contribution in [3.05, 3.63) is 16.1 Å². The van der Waals surface area contributed by atoms with E-state index in [1.165, 1.54) is 7.11 Å². The summed E-state index contributed by atoms with van der Waals surface area (Å²) < 4.78 is 32.9. The third kappa shape index (κ3) is 2.54. The fourth-order valence-electron chi connectivity index (χ4n) is 0.938. The number of nitrogen functional groups attached to an aromatic ring is 1. The largest absolute Gasteiger partial charge is 0.495 e. The number of halogens is 4. The molecule has 7 heteroatoms. The summed E-state index contributed by atoms with van der Waals surface area (Å²) in [5.41, 5.74) is 5.40. The highest BCUT2D eigenvalue weighted by Gasteiger charge is 2.17. The highest BCUT2D eigenvalue weighted by molar-refractivity contribution is 6.40. The van der Waals surface area contributed by atoms with Crippen molar-refractivity contribution in [1.82, 2.24) is 0 Å². The second kappa shape index (κ2) is 4.72.